The van der Waals surface area contributed by atoms with Crippen molar-refractivity contribution in [3.63, 3.8) is 0 Å². The van der Waals surface area contributed by atoms with E-state index in [1.165, 1.54) is 6.20 Å². The largest absolute Gasteiger partial charge is 0.458 e. The molecule has 1 atom stereocenters. The average molecular weight is 222 g/mol. The van der Waals surface area contributed by atoms with Crippen molar-refractivity contribution in [2.45, 2.75) is 26.4 Å². The molecule has 4 heteroatoms. The molecule has 1 heterocycles. The molecule has 0 aliphatic rings. The summed E-state index contributed by atoms with van der Waals surface area (Å²) in [7, 11) is 0. The molecule has 0 fully saturated rings. The lowest BCUT2D eigenvalue weighted by molar-refractivity contribution is 0.0342. The van der Waals surface area contributed by atoms with E-state index in [0.29, 0.717) is 12.1 Å². The summed E-state index contributed by atoms with van der Waals surface area (Å²) in [5.74, 6) is -0.320. The van der Waals surface area contributed by atoms with Crippen molar-refractivity contribution in [1.82, 2.24) is 10.3 Å². The number of aromatic nitrogens is 1. The molecule has 1 aromatic heterocycles. The van der Waals surface area contributed by atoms with Crippen LogP contribution in [0.15, 0.2) is 24.5 Å². The maximum Gasteiger partial charge on any atom is 0.340 e. The van der Waals surface area contributed by atoms with Crippen molar-refractivity contribution < 1.29 is 9.53 Å². The highest BCUT2D eigenvalue weighted by Crippen LogP contribution is 2.01. The number of pyridine rings is 1. The van der Waals surface area contributed by atoms with Gasteiger partial charge in [-0.15, -0.1) is 0 Å². The Bertz CT molecular complexity index is 314. The van der Waals surface area contributed by atoms with Gasteiger partial charge >= 0.3 is 5.97 Å². The quantitative estimate of drug-likeness (QED) is 0.587. The fraction of sp³-hybridized carbons (Fsp3) is 0.500. The standard InChI is InChI=1S/C12H18N2O2/c1-3-6-13-8-10(2)16-12(15)11-5-4-7-14-9-11/h4-5,7,9-10,13H,3,6,8H2,1-2H3. The Morgan fingerprint density at radius 1 is 1.62 bits per heavy atom. The van der Waals surface area contributed by atoms with Crippen LogP contribution in [0.5, 0.6) is 0 Å². The van der Waals surface area contributed by atoms with E-state index in [0.717, 1.165) is 13.0 Å². The van der Waals surface area contributed by atoms with Gasteiger partial charge < -0.3 is 10.1 Å². The predicted octanol–water partition coefficient (Wildman–Crippen LogP) is 1.63. The monoisotopic (exact) mass is 222 g/mol. The van der Waals surface area contributed by atoms with E-state index in [1.807, 2.05) is 6.92 Å². The molecule has 1 rings (SSSR count). The maximum absolute atomic E-state index is 11.6. The molecule has 0 bridgehead atoms. The smallest absolute Gasteiger partial charge is 0.340 e. The van der Waals surface area contributed by atoms with Gasteiger partial charge in [-0.3, -0.25) is 4.98 Å². The van der Waals surface area contributed by atoms with E-state index >= 15 is 0 Å². The van der Waals surface area contributed by atoms with Crippen LogP contribution in [0.3, 0.4) is 0 Å². The van der Waals surface area contributed by atoms with Crippen molar-refractivity contribution in [3.8, 4) is 0 Å². The lowest BCUT2D eigenvalue weighted by Gasteiger charge is -2.13. The van der Waals surface area contributed by atoms with Crippen LogP contribution in [0.2, 0.25) is 0 Å². The Kier molecular flexibility index (Phi) is 5.50. The summed E-state index contributed by atoms with van der Waals surface area (Å²) < 4.78 is 5.24. The van der Waals surface area contributed by atoms with Crippen LogP contribution in [0.1, 0.15) is 30.6 Å². The molecule has 88 valence electrons. The van der Waals surface area contributed by atoms with Crippen LogP contribution in [-0.4, -0.2) is 30.1 Å². The van der Waals surface area contributed by atoms with E-state index in [4.69, 9.17) is 4.74 Å². The summed E-state index contributed by atoms with van der Waals surface area (Å²) in [6, 6.07) is 3.41. The van der Waals surface area contributed by atoms with Crippen LogP contribution >= 0.6 is 0 Å². The van der Waals surface area contributed by atoms with Crippen molar-refractivity contribution in [1.29, 1.82) is 0 Å². The molecule has 4 nitrogen and oxygen atoms in total. The maximum atomic E-state index is 11.6. The van der Waals surface area contributed by atoms with Gasteiger partial charge in [0, 0.05) is 18.9 Å². The molecule has 1 unspecified atom stereocenters. The summed E-state index contributed by atoms with van der Waals surface area (Å²) in [5, 5.41) is 3.20. The first-order valence-electron chi connectivity index (χ1n) is 5.55. The zero-order chi connectivity index (χ0) is 11.8. The third-order valence-electron chi connectivity index (χ3n) is 2.06. The Morgan fingerprint density at radius 3 is 3.06 bits per heavy atom. The van der Waals surface area contributed by atoms with Gasteiger partial charge in [0.15, 0.2) is 0 Å². The molecule has 1 N–H and O–H groups in total. The second-order valence-corrected chi connectivity index (χ2v) is 3.66. The summed E-state index contributed by atoms with van der Waals surface area (Å²) in [6.45, 7) is 5.59. The lowest BCUT2D eigenvalue weighted by atomic mass is 10.3. The normalized spacial score (nSPS) is 12.1. The summed E-state index contributed by atoms with van der Waals surface area (Å²) in [6.07, 6.45) is 4.08. The molecule has 0 saturated carbocycles. The van der Waals surface area contributed by atoms with Gasteiger partial charge in [-0.1, -0.05) is 6.92 Å². The molecule has 0 aliphatic heterocycles. The molecule has 0 saturated heterocycles. The van der Waals surface area contributed by atoms with Crippen LogP contribution in [-0.2, 0) is 4.74 Å². The van der Waals surface area contributed by atoms with Gasteiger partial charge in [0.25, 0.3) is 0 Å². The first-order valence-corrected chi connectivity index (χ1v) is 5.55. The summed E-state index contributed by atoms with van der Waals surface area (Å²) in [4.78, 5) is 15.5. The number of hydrogen-bond acceptors (Lipinski definition) is 4. The third-order valence-corrected chi connectivity index (χ3v) is 2.06. The Labute approximate surface area is 96.0 Å². The van der Waals surface area contributed by atoms with Gasteiger partial charge in [-0.25, -0.2) is 4.79 Å². The van der Waals surface area contributed by atoms with Crippen LogP contribution in [0, 0.1) is 0 Å². The van der Waals surface area contributed by atoms with Crippen molar-refractivity contribution >= 4 is 5.97 Å². The second kappa shape index (κ2) is 6.95. The molecule has 0 aromatic carbocycles. The first kappa shape index (κ1) is 12.6. The predicted molar refractivity (Wildman–Crippen MR) is 62.3 cm³/mol. The highest BCUT2D eigenvalue weighted by Gasteiger charge is 2.11. The van der Waals surface area contributed by atoms with Gasteiger partial charge in [0.05, 0.1) is 5.56 Å². The number of nitrogens with one attached hydrogen (secondary N) is 1. The zero-order valence-electron chi connectivity index (χ0n) is 9.77. The second-order valence-electron chi connectivity index (χ2n) is 3.66. The number of rotatable bonds is 6. The Hall–Kier alpha value is -1.42. The SMILES string of the molecule is CCCNCC(C)OC(=O)c1cccnc1. The molecular formula is C12H18N2O2. The molecular weight excluding hydrogens is 204 g/mol. The highest BCUT2D eigenvalue weighted by atomic mass is 16.5. The van der Waals surface area contributed by atoms with Crippen LogP contribution in [0.25, 0.3) is 0 Å². The minimum absolute atomic E-state index is 0.126. The number of ether oxygens (including phenoxy) is 1. The number of nitrogens with zero attached hydrogens (tertiary/aromatic N) is 1. The highest BCUT2D eigenvalue weighted by molar-refractivity contribution is 5.89. The van der Waals surface area contributed by atoms with E-state index < -0.39 is 0 Å². The minimum atomic E-state index is -0.320. The minimum Gasteiger partial charge on any atom is -0.458 e. The summed E-state index contributed by atoms with van der Waals surface area (Å²) in [5.41, 5.74) is 0.491. The number of carbonyl (C=O) groups excluding carboxylic acids is 1. The van der Waals surface area contributed by atoms with E-state index in [2.05, 4.69) is 17.2 Å². The first-order chi connectivity index (χ1) is 7.74. The average Bonchev–Trinajstić information content (AvgIpc) is 2.30. The number of hydrogen-bond donors (Lipinski definition) is 1. The van der Waals surface area contributed by atoms with Crippen molar-refractivity contribution in [3.05, 3.63) is 30.1 Å². The fourth-order valence-electron chi connectivity index (χ4n) is 1.26. The molecule has 1 aromatic rings. The van der Waals surface area contributed by atoms with E-state index in [-0.39, 0.29) is 12.1 Å². The van der Waals surface area contributed by atoms with Gasteiger partial charge in [-0.2, -0.15) is 0 Å². The summed E-state index contributed by atoms with van der Waals surface area (Å²) >= 11 is 0. The molecule has 0 aliphatic carbocycles. The molecule has 0 radical (unpaired) electrons. The molecule has 0 amide bonds. The third kappa shape index (κ3) is 4.40. The number of carbonyl (C=O) groups is 1. The van der Waals surface area contributed by atoms with Gasteiger partial charge in [0.1, 0.15) is 6.10 Å². The Balaban J connectivity index is 2.34. The van der Waals surface area contributed by atoms with Crippen molar-refractivity contribution in [2.24, 2.45) is 0 Å². The number of esters is 1. The van der Waals surface area contributed by atoms with Gasteiger partial charge in [0.2, 0.25) is 0 Å². The van der Waals surface area contributed by atoms with Crippen LogP contribution < -0.4 is 5.32 Å². The van der Waals surface area contributed by atoms with E-state index in [9.17, 15) is 4.79 Å². The Morgan fingerprint density at radius 2 is 2.44 bits per heavy atom. The van der Waals surface area contributed by atoms with Gasteiger partial charge in [-0.05, 0) is 32.0 Å². The van der Waals surface area contributed by atoms with E-state index in [1.54, 1.807) is 18.3 Å². The van der Waals surface area contributed by atoms with Crippen molar-refractivity contribution in [2.75, 3.05) is 13.1 Å². The fourth-order valence-corrected chi connectivity index (χ4v) is 1.26. The molecule has 16 heavy (non-hydrogen) atoms. The lowest BCUT2D eigenvalue weighted by Crippen LogP contribution is -2.29. The molecule has 0 spiro atoms. The zero-order valence-corrected chi connectivity index (χ0v) is 9.77. The topological polar surface area (TPSA) is 51.2 Å². The van der Waals surface area contributed by atoms with Crippen LogP contribution in [0.4, 0.5) is 0 Å².